The predicted molar refractivity (Wildman–Crippen MR) is 221 cm³/mol. The first-order chi connectivity index (χ1) is 28.2. The van der Waals surface area contributed by atoms with Crippen LogP contribution in [0.2, 0.25) is 0 Å². The highest BCUT2D eigenvalue weighted by Crippen LogP contribution is 2.48. The molecule has 58 heavy (non-hydrogen) atoms. The maximum absolute atomic E-state index is 15.3. The summed E-state index contributed by atoms with van der Waals surface area (Å²) in [4.78, 5) is 18.7. The molecule has 302 valence electrons. The Kier molecular flexibility index (Phi) is 12.2. The van der Waals surface area contributed by atoms with E-state index in [-0.39, 0.29) is 52.8 Å². The van der Waals surface area contributed by atoms with Crippen molar-refractivity contribution in [1.82, 2.24) is 20.0 Å². The van der Waals surface area contributed by atoms with Crippen molar-refractivity contribution in [2.45, 2.75) is 64.1 Å². The summed E-state index contributed by atoms with van der Waals surface area (Å²) in [6.07, 6.45) is -2.18. The molecule has 0 spiro atoms. The molecule has 3 aliphatic rings. The number of anilines is 1. The third-order valence-corrected chi connectivity index (χ3v) is 12.5. The highest BCUT2D eigenvalue weighted by molar-refractivity contribution is 7.53. The average Bonchev–Trinajstić information content (AvgIpc) is 4.19. The monoisotopic (exact) mass is 807 g/mol. The molecular formula is C41H48B2N5O9P. The molecule has 14 nitrogen and oxygen atoms in total. The minimum atomic E-state index is -3.43. The number of aliphatic hydroxyl groups is 2. The number of aliphatic hydroxyl groups excluding tert-OH is 2. The van der Waals surface area contributed by atoms with Crippen molar-refractivity contribution < 1.29 is 42.7 Å². The topological polar surface area (TPSA) is 166 Å². The van der Waals surface area contributed by atoms with E-state index in [1.165, 1.54) is 0 Å². The lowest BCUT2D eigenvalue weighted by Crippen LogP contribution is -2.50. The number of aromatic nitrogens is 2. The maximum atomic E-state index is 15.3. The highest BCUT2D eigenvalue weighted by Gasteiger charge is 2.51. The molecule has 8 rings (SSSR count). The number of hydrogen-bond acceptors (Lipinski definition) is 11. The fraction of sp³-hybridized carbons (Fsp3) is 0.366. The fourth-order valence-electron chi connectivity index (χ4n) is 7.77. The molecule has 4 heterocycles. The summed E-state index contributed by atoms with van der Waals surface area (Å²) in [5.41, 5.74) is 4.28. The number of fused-ring (bicyclic) bond motifs is 1. The van der Waals surface area contributed by atoms with Gasteiger partial charge in [-0.25, -0.2) is 4.79 Å². The molecule has 0 unspecified atom stereocenters. The number of nitrogens with one attached hydrogen (secondary N) is 1. The van der Waals surface area contributed by atoms with Crippen molar-refractivity contribution in [3.63, 3.8) is 0 Å². The van der Waals surface area contributed by atoms with Crippen LogP contribution in [0.3, 0.4) is 0 Å². The van der Waals surface area contributed by atoms with Crippen LogP contribution >= 0.6 is 7.60 Å². The summed E-state index contributed by atoms with van der Waals surface area (Å²) in [6.45, 7) is 5.41. The van der Waals surface area contributed by atoms with Gasteiger partial charge in [-0.2, -0.15) is 5.10 Å². The molecule has 17 heteroatoms. The van der Waals surface area contributed by atoms with Crippen molar-refractivity contribution in [3.05, 3.63) is 125 Å². The number of hydrogen-bond donors (Lipinski definition) is 3. The van der Waals surface area contributed by atoms with Gasteiger partial charge in [-0.15, -0.1) is 0 Å². The lowest BCUT2D eigenvalue weighted by molar-refractivity contribution is -0.0408. The van der Waals surface area contributed by atoms with E-state index in [2.05, 4.69) is 10.2 Å². The molecule has 0 saturated carbocycles. The molecule has 4 atom stereocenters. The smallest absolute Gasteiger partial charge is 0.431 e. The SMILES string of the molecule is CCOP(=O)(COc1ccc(CN2C(=O)N(Cc3ccc4[nH]nc(N(B5CO5)B5CO5)c4c3)[C@H](Cc3ccccc3)[C@H](O)[C@@H](O)[C@H]2Cc2ccccc2)cc1)OCC. The average molecular weight is 807 g/mol. The van der Waals surface area contributed by atoms with Gasteiger partial charge in [0.05, 0.1) is 43.8 Å². The van der Waals surface area contributed by atoms with E-state index in [1.807, 2.05) is 95.7 Å². The molecule has 3 aliphatic heterocycles. The summed E-state index contributed by atoms with van der Waals surface area (Å²) in [6, 6.07) is 30.6. The largest absolute Gasteiger partial charge is 0.481 e. The fourth-order valence-corrected chi connectivity index (χ4v) is 9.08. The third kappa shape index (κ3) is 9.13. The van der Waals surface area contributed by atoms with Gasteiger partial charge in [-0.3, -0.25) is 9.66 Å². The predicted octanol–water partition coefficient (Wildman–Crippen LogP) is 5.47. The van der Waals surface area contributed by atoms with E-state index in [0.29, 0.717) is 31.6 Å². The Morgan fingerprint density at radius 1 is 0.776 bits per heavy atom. The van der Waals surface area contributed by atoms with Crippen LogP contribution in [0.25, 0.3) is 10.9 Å². The Morgan fingerprint density at radius 2 is 1.29 bits per heavy atom. The van der Waals surface area contributed by atoms with Gasteiger partial charge in [0.2, 0.25) is 0 Å². The number of ether oxygens (including phenoxy) is 1. The number of carbonyl (C=O) groups is 1. The van der Waals surface area contributed by atoms with Gasteiger partial charge in [-0.05, 0) is 73.2 Å². The molecule has 5 aromatic rings. The molecule has 3 fully saturated rings. The van der Waals surface area contributed by atoms with Gasteiger partial charge in [0, 0.05) is 18.5 Å². The van der Waals surface area contributed by atoms with Gasteiger partial charge < -0.3 is 47.8 Å². The molecule has 0 bridgehead atoms. The van der Waals surface area contributed by atoms with Crippen LogP contribution in [0.1, 0.15) is 36.1 Å². The Morgan fingerprint density at radius 3 is 1.81 bits per heavy atom. The molecular weight excluding hydrogens is 759 g/mol. The summed E-state index contributed by atoms with van der Waals surface area (Å²) in [7, 11) is -3.65. The van der Waals surface area contributed by atoms with Crippen molar-refractivity contribution in [1.29, 1.82) is 0 Å². The van der Waals surface area contributed by atoms with E-state index < -0.39 is 31.9 Å². The summed E-state index contributed by atoms with van der Waals surface area (Å²) in [5.74, 6) is 1.18. The van der Waals surface area contributed by atoms with Crippen LogP contribution in [-0.4, -0.2) is 107 Å². The van der Waals surface area contributed by atoms with Crippen LogP contribution in [-0.2, 0) is 48.9 Å². The Hall–Kier alpha value is -4.66. The van der Waals surface area contributed by atoms with E-state index >= 15 is 4.79 Å². The number of amides is 2. The number of rotatable bonds is 18. The van der Waals surface area contributed by atoms with Gasteiger partial charge in [0.15, 0.2) is 6.35 Å². The first kappa shape index (κ1) is 40.1. The van der Waals surface area contributed by atoms with E-state index in [9.17, 15) is 14.8 Å². The number of H-pyrrole nitrogens is 1. The second kappa shape index (κ2) is 17.7. The lowest BCUT2D eigenvalue weighted by atomic mass is 9.76. The number of aromatic amines is 1. The van der Waals surface area contributed by atoms with Crippen LogP contribution < -0.4 is 9.46 Å². The molecule has 0 radical (unpaired) electrons. The van der Waals surface area contributed by atoms with Crippen molar-refractivity contribution in [2.75, 3.05) is 37.3 Å². The first-order valence-electron chi connectivity index (χ1n) is 19.8. The molecule has 4 aromatic carbocycles. The Labute approximate surface area is 338 Å². The third-order valence-electron chi connectivity index (χ3n) is 10.8. The second-order valence-corrected chi connectivity index (χ2v) is 16.8. The Balaban J connectivity index is 1.13. The molecule has 3 N–H and O–H groups in total. The van der Waals surface area contributed by atoms with E-state index in [0.717, 1.165) is 39.0 Å². The van der Waals surface area contributed by atoms with Crippen LogP contribution in [0.4, 0.5) is 10.6 Å². The number of urea groups is 1. The summed E-state index contributed by atoms with van der Waals surface area (Å²) in [5, 5.41) is 33.1. The zero-order valence-electron chi connectivity index (χ0n) is 32.6. The summed E-state index contributed by atoms with van der Waals surface area (Å²) >= 11 is 0. The van der Waals surface area contributed by atoms with Gasteiger partial charge >= 0.3 is 27.7 Å². The van der Waals surface area contributed by atoms with E-state index in [4.69, 9.17) is 23.1 Å². The van der Waals surface area contributed by atoms with Gasteiger partial charge in [0.1, 0.15) is 23.8 Å². The van der Waals surface area contributed by atoms with Crippen LogP contribution in [0.5, 0.6) is 5.75 Å². The van der Waals surface area contributed by atoms with Crippen molar-refractivity contribution in [3.8, 4) is 5.75 Å². The quantitative estimate of drug-likeness (QED) is 0.0584. The molecule has 3 saturated heterocycles. The Bertz CT molecular complexity index is 2170. The zero-order valence-corrected chi connectivity index (χ0v) is 33.5. The second-order valence-electron chi connectivity index (χ2n) is 14.8. The van der Waals surface area contributed by atoms with Gasteiger partial charge in [-0.1, -0.05) is 78.9 Å². The normalized spacial score (nSPS) is 20.7. The number of nitrogens with zero attached hydrogens (tertiary/aromatic N) is 4. The minimum Gasteiger partial charge on any atom is -0.481 e. The standard InChI is InChI=1S/C41H48B2N5O9P/c1-3-56-58(52,57-4-2)28-53-33-18-15-31(16-19-33)24-46-36(22-29-11-7-5-8-12-29)38(49)39(50)37(23-30-13-9-6-10-14-30)47(41(46)51)25-32-17-20-35-34(21-32)40(45-44-35)48(42-26-54-42)43-27-55-43/h5-21,36-39,49-50H,3-4,22-28H2,1-2H3,(H,44,45)/t36-,37-,38+,39+/m1/s1. The molecule has 1 aromatic heterocycles. The van der Waals surface area contributed by atoms with Crippen molar-refractivity contribution in [2.24, 2.45) is 0 Å². The number of benzene rings is 4. The van der Waals surface area contributed by atoms with Crippen molar-refractivity contribution >= 4 is 44.4 Å². The lowest BCUT2D eigenvalue weighted by Gasteiger charge is -2.36. The number of carbonyl (C=O) groups excluding carboxylic acids is 1. The van der Waals surface area contributed by atoms with Crippen LogP contribution in [0, 0.1) is 0 Å². The zero-order chi connectivity index (χ0) is 40.2. The van der Waals surface area contributed by atoms with E-state index in [1.54, 1.807) is 35.8 Å². The molecule has 0 aliphatic carbocycles. The van der Waals surface area contributed by atoms with Crippen LogP contribution in [0.15, 0.2) is 103 Å². The first-order valence-corrected chi connectivity index (χ1v) is 21.6. The maximum Gasteiger partial charge on any atom is 0.431 e. The highest BCUT2D eigenvalue weighted by atomic mass is 31.2. The molecule has 2 amide bonds. The van der Waals surface area contributed by atoms with Gasteiger partial charge in [0.25, 0.3) is 0 Å². The minimum absolute atomic E-state index is 0.107. The summed E-state index contributed by atoms with van der Waals surface area (Å²) < 4.78 is 42.9.